The summed E-state index contributed by atoms with van der Waals surface area (Å²) < 4.78 is 5.43. The number of aryl methyl sites for hydroxylation is 2. The molecule has 0 saturated heterocycles. The molecular formula is C14H24N2O2. The van der Waals surface area contributed by atoms with E-state index in [1.807, 2.05) is 24.8 Å². The first-order chi connectivity index (χ1) is 8.54. The number of carbonyl (C=O) groups is 1. The van der Waals surface area contributed by atoms with Crippen molar-refractivity contribution >= 4 is 5.91 Å². The minimum absolute atomic E-state index is 0.0310. The zero-order valence-electron chi connectivity index (χ0n) is 11.8. The number of hydrogen-bond acceptors (Lipinski definition) is 3. The molecule has 0 saturated carbocycles. The van der Waals surface area contributed by atoms with Crippen LogP contribution in [0.1, 0.15) is 48.6 Å². The lowest BCUT2D eigenvalue weighted by atomic mass is 10.1. The Morgan fingerprint density at radius 2 is 2.00 bits per heavy atom. The number of rotatable bonds is 6. The standard InChI is InChI=1S/C14H24N2O2/c1-5-12(6-2)16(8-7-15)14(17)13-9-10(3)18-11(13)4/h9,12H,5-8,15H2,1-4H3. The molecule has 0 aliphatic rings. The Labute approximate surface area is 109 Å². The molecule has 0 unspecified atom stereocenters. The number of nitrogens with two attached hydrogens (primary N) is 1. The minimum Gasteiger partial charge on any atom is -0.466 e. The van der Waals surface area contributed by atoms with E-state index < -0.39 is 0 Å². The maximum absolute atomic E-state index is 12.5. The highest BCUT2D eigenvalue weighted by Gasteiger charge is 2.24. The van der Waals surface area contributed by atoms with E-state index in [1.54, 1.807) is 0 Å². The van der Waals surface area contributed by atoms with Crippen molar-refractivity contribution in [2.75, 3.05) is 13.1 Å². The lowest BCUT2D eigenvalue weighted by molar-refractivity contribution is 0.0672. The molecule has 0 fully saturated rings. The van der Waals surface area contributed by atoms with E-state index in [9.17, 15) is 4.79 Å². The van der Waals surface area contributed by atoms with Gasteiger partial charge in [-0.05, 0) is 32.8 Å². The number of carbonyl (C=O) groups excluding carboxylic acids is 1. The van der Waals surface area contributed by atoms with Crippen LogP contribution in [0.2, 0.25) is 0 Å². The Morgan fingerprint density at radius 3 is 2.39 bits per heavy atom. The molecule has 0 aliphatic heterocycles. The van der Waals surface area contributed by atoms with Crippen molar-refractivity contribution in [3.8, 4) is 0 Å². The van der Waals surface area contributed by atoms with Gasteiger partial charge in [0.15, 0.2) is 0 Å². The van der Waals surface area contributed by atoms with Crippen LogP contribution in [-0.2, 0) is 0 Å². The van der Waals surface area contributed by atoms with Gasteiger partial charge in [-0.1, -0.05) is 13.8 Å². The average molecular weight is 252 g/mol. The van der Waals surface area contributed by atoms with Gasteiger partial charge in [-0.3, -0.25) is 4.79 Å². The second-order valence-electron chi connectivity index (χ2n) is 4.58. The van der Waals surface area contributed by atoms with Crippen LogP contribution in [0.5, 0.6) is 0 Å². The number of furan rings is 1. The molecule has 102 valence electrons. The maximum Gasteiger partial charge on any atom is 0.257 e. The van der Waals surface area contributed by atoms with Crippen molar-refractivity contribution in [1.29, 1.82) is 0 Å². The van der Waals surface area contributed by atoms with Crippen LogP contribution >= 0.6 is 0 Å². The minimum atomic E-state index is 0.0310. The van der Waals surface area contributed by atoms with Crippen molar-refractivity contribution in [1.82, 2.24) is 4.90 Å². The van der Waals surface area contributed by atoms with Crippen LogP contribution in [0.25, 0.3) is 0 Å². The fraction of sp³-hybridized carbons (Fsp3) is 0.643. The smallest absolute Gasteiger partial charge is 0.257 e. The van der Waals surface area contributed by atoms with Crippen molar-refractivity contribution in [2.45, 2.75) is 46.6 Å². The summed E-state index contributed by atoms with van der Waals surface area (Å²) in [7, 11) is 0. The Kier molecular flexibility index (Phi) is 5.41. The molecular weight excluding hydrogens is 228 g/mol. The lowest BCUT2D eigenvalue weighted by Gasteiger charge is -2.30. The van der Waals surface area contributed by atoms with Crippen molar-refractivity contribution in [3.63, 3.8) is 0 Å². The Hall–Kier alpha value is -1.29. The monoisotopic (exact) mass is 252 g/mol. The van der Waals surface area contributed by atoms with Gasteiger partial charge in [-0.2, -0.15) is 0 Å². The fourth-order valence-electron chi connectivity index (χ4n) is 2.32. The molecule has 4 nitrogen and oxygen atoms in total. The summed E-state index contributed by atoms with van der Waals surface area (Å²) in [4.78, 5) is 14.4. The van der Waals surface area contributed by atoms with Gasteiger partial charge in [-0.15, -0.1) is 0 Å². The molecule has 0 radical (unpaired) electrons. The first kappa shape index (κ1) is 14.8. The Morgan fingerprint density at radius 1 is 1.39 bits per heavy atom. The van der Waals surface area contributed by atoms with Gasteiger partial charge in [0.05, 0.1) is 5.56 Å². The Balaban J connectivity index is 2.98. The molecule has 0 spiro atoms. The molecule has 0 bridgehead atoms. The van der Waals surface area contributed by atoms with Crippen LogP contribution in [0.15, 0.2) is 10.5 Å². The lowest BCUT2D eigenvalue weighted by Crippen LogP contribution is -2.42. The average Bonchev–Trinajstić information content (AvgIpc) is 2.68. The van der Waals surface area contributed by atoms with E-state index in [2.05, 4.69) is 13.8 Å². The van der Waals surface area contributed by atoms with E-state index in [4.69, 9.17) is 10.2 Å². The van der Waals surface area contributed by atoms with Gasteiger partial charge in [0.25, 0.3) is 5.91 Å². The zero-order chi connectivity index (χ0) is 13.7. The molecule has 0 aromatic carbocycles. The normalized spacial score (nSPS) is 11.0. The second kappa shape index (κ2) is 6.59. The van der Waals surface area contributed by atoms with E-state index >= 15 is 0 Å². The molecule has 0 atom stereocenters. The van der Waals surface area contributed by atoms with E-state index in [0.29, 0.717) is 24.4 Å². The van der Waals surface area contributed by atoms with E-state index in [-0.39, 0.29) is 11.9 Å². The molecule has 1 heterocycles. The molecule has 1 amide bonds. The quantitative estimate of drug-likeness (QED) is 0.846. The van der Waals surface area contributed by atoms with Gasteiger partial charge >= 0.3 is 0 Å². The number of nitrogens with zero attached hydrogens (tertiary/aromatic N) is 1. The SMILES string of the molecule is CCC(CC)N(CCN)C(=O)c1cc(C)oc1C. The molecule has 1 aromatic heterocycles. The molecule has 0 aliphatic carbocycles. The molecule has 4 heteroatoms. The first-order valence-corrected chi connectivity index (χ1v) is 6.63. The molecule has 2 N–H and O–H groups in total. The fourth-order valence-corrected chi connectivity index (χ4v) is 2.32. The molecule has 1 aromatic rings. The van der Waals surface area contributed by atoms with Gasteiger partial charge in [-0.25, -0.2) is 0 Å². The van der Waals surface area contributed by atoms with E-state index in [1.165, 1.54) is 0 Å². The number of hydrogen-bond donors (Lipinski definition) is 1. The van der Waals surface area contributed by atoms with Gasteiger partial charge in [0.1, 0.15) is 11.5 Å². The summed E-state index contributed by atoms with van der Waals surface area (Å²) in [5.41, 5.74) is 6.28. The van der Waals surface area contributed by atoms with Crippen LogP contribution < -0.4 is 5.73 Å². The predicted octanol–water partition coefficient (Wildman–Crippen LogP) is 2.49. The highest BCUT2D eigenvalue weighted by Crippen LogP contribution is 2.19. The third-order valence-corrected chi connectivity index (χ3v) is 3.29. The van der Waals surface area contributed by atoms with Crippen LogP contribution in [0.3, 0.4) is 0 Å². The summed E-state index contributed by atoms with van der Waals surface area (Å²) in [6.07, 6.45) is 1.89. The van der Waals surface area contributed by atoms with Crippen molar-refractivity contribution in [2.24, 2.45) is 5.73 Å². The second-order valence-corrected chi connectivity index (χ2v) is 4.58. The topological polar surface area (TPSA) is 59.5 Å². The number of amides is 1. The summed E-state index contributed by atoms with van der Waals surface area (Å²) in [6.45, 7) is 8.95. The molecule has 18 heavy (non-hydrogen) atoms. The van der Waals surface area contributed by atoms with Gasteiger partial charge in [0, 0.05) is 19.1 Å². The summed E-state index contributed by atoms with van der Waals surface area (Å²) >= 11 is 0. The van der Waals surface area contributed by atoms with Crippen LogP contribution in [-0.4, -0.2) is 29.9 Å². The highest BCUT2D eigenvalue weighted by molar-refractivity contribution is 5.95. The van der Waals surface area contributed by atoms with E-state index in [0.717, 1.165) is 18.6 Å². The van der Waals surface area contributed by atoms with Crippen molar-refractivity contribution in [3.05, 3.63) is 23.2 Å². The molecule has 1 rings (SSSR count). The van der Waals surface area contributed by atoms with Crippen molar-refractivity contribution < 1.29 is 9.21 Å². The van der Waals surface area contributed by atoms with Gasteiger partial charge in [0.2, 0.25) is 0 Å². The van der Waals surface area contributed by atoms with Crippen LogP contribution in [0, 0.1) is 13.8 Å². The largest absolute Gasteiger partial charge is 0.466 e. The zero-order valence-corrected chi connectivity index (χ0v) is 11.8. The maximum atomic E-state index is 12.5. The van der Waals surface area contributed by atoms with Crippen LogP contribution in [0.4, 0.5) is 0 Å². The predicted molar refractivity (Wildman–Crippen MR) is 72.6 cm³/mol. The first-order valence-electron chi connectivity index (χ1n) is 6.63. The summed E-state index contributed by atoms with van der Waals surface area (Å²) in [5, 5.41) is 0. The van der Waals surface area contributed by atoms with Gasteiger partial charge < -0.3 is 15.1 Å². The third-order valence-electron chi connectivity index (χ3n) is 3.29. The Bertz CT molecular complexity index is 394. The highest BCUT2D eigenvalue weighted by atomic mass is 16.3. The summed E-state index contributed by atoms with van der Waals surface area (Å²) in [5.74, 6) is 1.49. The summed E-state index contributed by atoms with van der Waals surface area (Å²) in [6, 6.07) is 2.06. The third kappa shape index (κ3) is 3.13.